The fraction of sp³-hybridized carbons (Fsp3) is 0.769. The summed E-state index contributed by atoms with van der Waals surface area (Å²) < 4.78 is 0. The molecule has 3 N–H and O–H groups in total. The van der Waals surface area contributed by atoms with Crippen molar-refractivity contribution in [1.29, 1.82) is 0 Å². The van der Waals surface area contributed by atoms with Gasteiger partial charge in [-0.05, 0) is 25.2 Å². The Morgan fingerprint density at radius 3 is 2.68 bits per heavy atom. The highest BCUT2D eigenvalue weighted by Gasteiger charge is 2.54. The predicted molar refractivity (Wildman–Crippen MR) is 76.4 cm³/mol. The lowest BCUT2D eigenvalue weighted by atomic mass is 9.61. The van der Waals surface area contributed by atoms with Crippen LogP contribution in [0.4, 0.5) is 0 Å². The number of hydrogen-bond acceptors (Lipinski definition) is 3. The van der Waals surface area contributed by atoms with E-state index in [4.69, 9.17) is 18.0 Å². The Kier molecular flexibility index (Phi) is 3.80. The molecule has 0 radical (unpaired) electrons. The molecule has 0 aromatic carbocycles. The van der Waals surface area contributed by atoms with E-state index >= 15 is 0 Å². The molecular weight excluding hydrogens is 262 g/mol. The molecule has 1 aliphatic carbocycles. The number of carbonyl (C=O) groups is 2. The molecule has 0 aromatic heterocycles. The standard InChI is InChI=1S/C13H21N3O2S/c1-3-9-10(17)15-4-5-16(9)12(18)13(11(14)19)6-8(2)7-13/h8-9H,3-7H2,1-2H3,(H2,14,19)(H,15,17). The summed E-state index contributed by atoms with van der Waals surface area (Å²) in [6.07, 6.45) is 2.02. The van der Waals surface area contributed by atoms with Crippen molar-refractivity contribution in [1.82, 2.24) is 10.2 Å². The van der Waals surface area contributed by atoms with Crippen LogP contribution in [0.2, 0.25) is 0 Å². The Labute approximate surface area is 118 Å². The third kappa shape index (κ3) is 2.22. The second-order valence-corrected chi connectivity index (χ2v) is 6.11. The smallest absolute Gasteiger partial charge is 0.242 e. The third-order valence-corrected chi connectivity index (χ3v) is 4.64. The van der Waals surface area contributed by atoms with Crippen molar-refractivity contribution in [2.75, 3.05) is 13.1 Å². The molecule has 2 amide bonds. The first kappa shape index (κ1) is 14.2. The van der Waals surface area contributed by atoms with Crippen LogP contribution in [-0.2, 0) is 9.59 Å². The van der Waals surface area contributed by atoms with Gasteiger partial charge in [0.15, 0.2) is 0 Å². The predicted octanol–water partition coefficient (Wildman–Crippen LogP) is 0.426. The Balaban J connectivity index is 2.22. The summed E-state index contributed by atoms with van der Waals surface area (Å²) in [4.78, 5) is 26.6. The number of thiocarbonyl (C=S) groups is 1. The first-order valence-corrected chi connectivity index (χ1v) is 7.22. The second kappa shape index (κ2) is 5.07. The normalized spacial score (nSPS) is 34.4. The van der Waals surface area contributed by atoms with Gasteiger partial charge >= 0.3 is 0 Å². The SMILES string of the molecule is CCC1C(=O)NCCN1C(=O)C1(C(N)=S)CC(C)C1. The Hall–Kier alpha value is -1.17. The minimum atomic E-state index is -0.709. The first-order valence-electron chi connectivity index (χ1n) is 6.81. The molecule has 106 valence electrons. The van der Waals surface area contributed by atoms with Gasteiger partial charge in [-0.3, -0.25) is 9.59 Å². The van der Waals surface area contributed by atoms with Crippen LogP contribution in [0, 0.1) is 11.3 Å². The van der Waals surface area contributed by atoms with Crippen LogP contribution in [0.3, 0.4) is 0 Å². The van der Waals surface area contributed by atoms with Crippen LogP contribution in [0.1, 0.15) is 33.1 Å². The van der Waals surface area contributed by atoms with E-state index in [0.717, 1.165) is 0 Å². The van der Waals surface area contributed by atoms with E-state index in [-0.39, 0.29) is 22.8 Å². The van der Waals surface area contributed by atoms with Gasteiger partial charge in [0.2, 0.25) is 11.8 Å². The molecule has 0 spiro atoms. The third-order valence-electron chi connectivity index (χ3n) is 4.25. The topological polar surface area (TPSA) is 75.4 Å². The number of amides is 2. The molecule has 1 saturated heterocycles. The number of piperazine rings is 1. The van der Waals surface area contributed by atoms with Crippen molar-refractivity contribution in [3.8, 4) is 0 Å². The maximum atomic E-state index is 12.8. The average Bonchev–Trinajstić information content (AvgIpc) is 2.33. The van der Waals surface area contributed by atoms with Gasteiger partial charge in [0, 0.05) is 13.1 Å². The molecule has 2 rings (SSSR count). The molecular formula is C13H21N3O2S. The summed E-state index contributed by atoms with van der Waals surface area (Å²) in [5.74, 6) is 0.330. The fourth-order valence-electron chi connectivity index (χ4n) is 3.25. The minimum absolute atomic E-state index is 0.0557. The van der Waals surface area contributed by atoms with Gasteiger partial charge in [-0.25, -0.2) is 0 Å². The van der Waals surface area contributed by atoms with Crippen molar-refractivity contribution in [3.63, 3.8) is 0 Å². The van der Waals surface area contributed by atoms with Crippen LogP contribution < -0.4 is 11.1 Å². The maximum absolute atomic E-state index is 12.8. The molecule has 2 aliphatic rings. The molecule has 1 aliphatic heterocycles. The summed E-state index contributed by atoms with van der Waals surface area (Å²) >= 11 is 5.11. The van der Waals surface area contributed by atoms with Gasteiger partial charge < -0.3 is 16.0 Å². The van der Waals surface area contributed by atoms with Gasteiger partial charge in [-0.1, -0.05) is 26.1 Å². The van der Waals surface area contributed by atoms with Crippen molar-refractivity contribution in [2.45, 2.75) is 39.2 Å². The average molecular weight is 283 g/mol. The van der Waals surface area contributed by atoms with E-state index in [1.807, 2.05) is 6.92 Å². The van der Waals surface area contributed by atoms with Crippen molar-refractivity contribution in [3.05, 3.63) is 0 Å². The van der Waals surface area contributed by atoms with Crippen LogP contribution in [0.5, 0.6) is 0 Å². The zero-order chi connectivity index (χ0) is 14.2. The van der Waals surface area contributed by atoms with E-state index in [2.05, 4.69) is 12.2 Å². The number of nitrogens with two attached hydrogens (primary N) is 1. The molecule has 2 fully saturated rings. The van der Waals surface area contributed by atoms with Crippen LogP contribution in [0.15, 0.2) is 0 Å². The summed E-state index contributed by atoms with van der Waals surface area (Å²) in [6.45, 7) is 5.04. The Morgan fingerprint density at radius 1 is 1.58 bits per heavy atom. The molecule has 1 saturated carbocycles. The number of nitrogens with one attached hydrogen (secondary N) is 1. The summed E-state index contributed by atoms with van der Waals surface area (Å²) in [6, 6.07) is -0.386. The van der Waals surface area contributed by atoms with E-state index < -0.39 is 5.41 Å². The van der Waals surface area contributed by atoms with Gasteiger partial charge in [-0.15, -0.1) is 0 Å². The quantitative estimate of drug-likeness (QED) is 0.736. The minimum Gasteiger partial charge on any atom is -0.392 e. The molecule has 1 atom stereocenters. The molecule has 1 unspecified atom stereocenters. The lowest BCUT2D eigenvalue weighted by molar-refractivity contribution is -0.152. The Morgan fingerprint density at radius 2 is 2.21 bits per heavy atom. The molecule has 1 heterocycles. The van der Waals surface area contributed by atoms with E-state index in [1.165, 1.54) is 0 Å². The monoisotopic (exact) mass is 283 g/mol. The van der Waals surface area contributed by atoms with Crippen molar-refractivity contribution >= 4 is 29.0 Å². The number of hydrogen-bond donors (Lipinski definition) is 2. The van der Waals surface area contributed by atoms with Gasteiger partial charge in [0.1, 0.15) is 6.04 Å². The van der Waals surface area contributed by atoms with Gasteiger partial charge in [-0.2, -0.15) is 0 Å². The van der Waals surface area contributed by atoms with Gasteiger partial charge in [0.25, 0.3) is 0 Å². The van der Waals surface area contributed by atoms with Crippen LogP contribution in [-0.4, -0.2) is 40.8 Å². The lowest BCUT2D eigenvalue weighted by Crippen LogP contribution is -2.64. The number of rotatable bonds is 3. The number of carbonyl (C=O) groups excluding carboxylic acids is 2. The largest absolute Gasteiger partial charge is 0.392 e. The maximum Gasteiger partial charge on any atom is 0.242 e. The second-order valence-electron chi connectivity index (χ2n) is 5.67. The lowest BCUT2D eigenvalue weighted by Gasteiger charge is -2.48. The van der Waals surface area contributed by atoms with Crippen molar-refractivity contribution in [2.24, 2.45) is 17.1 Å². The highest BCUT2D eigenvalue weighted by Crippen LogP contribution is 2.47. The summed E-state index contributed by atoms with van der Waals surface area (Å²) in [5, 5.41) is 2.80. The van der Waals surface area contributed by atoms with Crippen LogP contribution >= 0.6 is 12.2 Å². The molecule has 5 nitrogen and oxygen atoms in total. The molecule has 0 aromatic rings. The van der Waals surface area contributed by atoms with Crippen molar-refractivity contribution < 1.29 is 9.59 Å². The fourth-order valence-corrected chi connectivity index (χ4v) is 3.50. The number of nitrogens with zero attached hydrogens (tertiary/aromatic N) is 1. The zero-order valence-corrected chi connectivity index (χ0v) is 12.3. The zero-order valence-electron chi connectivity index (χ0n) is 11.4. The van der Waals surface area contributed by atoms with E-state index in [9.17, 15) is 9.59 Å². The molecule has 19 heavy (non-hydrogen) atoms. The molecule has 6 heteroatoms. The Bertz CT molecular complexity index is 418. The van der Waals surface area contributed by atoms with Gasteiger partial charge in [0.05, 0.1) is 10.4 Å². The van der Waals surface area contributed by atoms with Crippen LogP contribution in [0.25, 0.3) is 0 Å². The summed E-state index contributed by atoms with van der Waals surface area (Å²) in [7, 11) is 0. The highest BCUT2D eigenvalue weighted by molar-refractivity contribution is 7.80. The highest BCUT2D eigenvalue weighted by atomic mass is 32.1. The molecule has 0 bridgehead atoms. The van der Waals surface area contributed by atoms with E-state index in [1.54, 1.807) is 4.90 Å². The summed E-state index contributed by atoms with van der Waals surface area (Å²) in [5.41, 5.74) is 5.10. The first-order chi connectivity index (χ1) is 8.92. The van der Waals surface area contributed by atoms with E-state index in [0.29, 0.717) is 38.3 Å².